The lowest BCUT2D eigenvalue weighted by molar-refractivity contribution is 0.122. The van der Waals surface area contributed by atoms with Crippen molar-refractivity contribution < 1.29 is 9.47 Å². The Bertz CT molecular complexity index is 867. The van der Waals surface area contributed by atoms with Gasteiger partial charge in [-0.15, -0.1) is 0 Å². The molecule has 3 aromatic rings. The number of hydrogen-bond donors (Lipinski definition) is 1. The van der Waals surface area contributed by atoms with Crippen LogP contribution >= 0.6 is 0 Å². The van der Waals surface area contributed by atoms with E-state index < -0.39 is 0 Å². The zero-order valence-electron chi connectivity index (χ0n) is 14.1. The highest BCUT2D eigenvalue weighted by molar-refractivity contribution is 5.60. The van der Waals surface area contributed by atoms with Crippen LogP contribution in [0.1, 0.15) is 0 Å². The second-order valence-corrected chi connectivity index (χ2v) is 5.74. The first-order valence-electron chi connectivity index (χ1n) is 8.30. The molecule has 2 aromatic heterocycles. The number of para-hydroxylation sites is 1. The molecular formula is C18H18N6O2. The van der Waals surface area contributed by atoms with E-state index in [-0.39, 0.29) is 5.95 Å². The highest BCUT2D eigenvalue weighted by Gasteiger charge is 2.17. The number of rotatable bonds is 4. The Balaban J connectivity index is 1.72. The molecule has 2 N–H and O–H groups in total. The van der Waals surface area contributed by atoms with Crippen molar-refractivity contribution in [3.05, 3.63) is 48.8 Å². The lowest BCUT2D eigenvalue weighted by atomic mass is 10.2. The number of nitrogens with zero attached hydrogens (tertiary/aromatic N) is 5. The molecule has 0 saturated carbocycles. The second-order valence-electron chi connectivity index (χ2n) is 5.74. The van der Waals surface area contributed by atoms with Crippen molar-refractivity contribution in [2.45, 2.75) is 0 Å². The average Bonchev–Trinajstić information content (AvgIpc) is 2.70. The molecule has 8 heteroatoms. The van der Waals surface area contributed by atoms with Gasteiger partial charge in [0.15, 0.2) is 0 Å². The normalized spacial score (nSPS) is 14.2. The topological polar surface area (TPSA) is 99.3 Å². The fraction of sp³-hybridized carbons (Fsp3) is 0.222. The quantitative estimate of drug-likeness (QED) is 0.764. The monoisotopic (exact) mass is 350 g/mol. The Labute approximate surface area is 150 Å². The molecule has 0 spiro atoms. The highest BCUT2D eigenvalue weighted by atomic mass is 16.5. The van der Waals surface area contributed by atoms with E-state index in [1.54, 1.807) is 18.5 Å². The van der Waals surface area contributed by atoms with E-state index in [9.17, 15) is 0 Å². The highest BCUT2D eigenvalue weighted by Crippen LogP contribution is 2.27. The molecule has 0 bridgehead atoms. The number of ether oxygens (including phenoxy) is 2. The van der Waals surface area contributed by atoms with Crippen molar-refractivity contribution in [3.8, 4) is 22.9 Å². The first-order valence-corrected chi connectivity index (χ1v) is 8.30. The summed E-state index contributed by atoms with van der Waals surface area (Å²) in [5, 5.41) is 0. The summed E-state index contributed by atoms with van der Waals surface area (Å²) in [6, 6.07) is 11.3. The van der Waals surface area contributed by atoms with Gasteiger partial charge >= 0.3 is 0 Å². The van der Waals surface area contributed by atoms with Gasteiger partial charge in [-0.25, -0.2) is 15.0 Å². The molecule has 1 aliphatic rings. The van der Waals surface area contributed by atoms with Crippen LogP contribution in [0.5, 0.6) is 11.6 Å². The molecular weight excluding hydrogens is 332 g/mol. The SMILES string of the molecule is Nc1ncc(-c2cc(Oc3ccccc3)nc(N3CCOCC3)n2)cn1. The first-order chi connectivity index (χ1) is 12.8. The van der Waals surface area contributed by atoms with E-state index >= 15 is 0 Å². The van der Waals surface area contributed by atoms with E-state index in [2.05, 4.69) is 24.8 Å². The lowest BCUT2D eigenvalue weighted by Gasteiger charge is -2.27. The molecule has 8 nitrogen and oxygen atoms in total. The fourth-order valence-corrected chi connectivity index (χ4v) is 2.60. The minimum atomic E-state index is 0.219. The minimum absolute atomic E-state index is 0.219. The Morgan fingerprint density at radius 3 is 2.46 bits per heavy atom. The third kappa shape index (κ3) is 3.70. The molecule has 0 unspecified atom stereocenters. The van der Waals surface area contributed by atoms with Crippen LogP contribution in [-0.2, 0) is 4.74 Å². The molecule has 1 aromatic carbocycles. The Hall–Kier alpha value is -3.26. The minimum Gasteiger partial charge on any atom is -0.439 e. The largest absolute Gasteiger partial charge is 0.439 e. The maximum absolute atomic E-state index is 5.92. The average molecular weight is 350 g/mol. The van der Waals surface area contributed by atoms with Crippen molar-refractivity contribution in [1.29, 1.82) is 0 Å². The van der Waals surface area contributed by atoms with Gasteiger partial charge in [0.25, 0.3) is 0 Å². The summed E-state index contributed by atoms with van der Waals surface area (Å²) in [6.45, 7) is 2.75. The molecule has 1 fully saturated rings. The number of nitrogens with two attached hydrogens (primary N) is 1. The van der Waals surface area contributed by atoms with Crippen LogP contribution in [0, 0.1) is 0 Å². The third-order valence-corrected chi connectivity index (χ3v) is 3.92. The van der Waals surface area contributed by atoms with Gasteiger partial charge in [-0.2, -0.15) is 4.98 Å². The molecule has 1 aliphatic heterocycles. The summed E-state index contributed by atoms with van der Waals surface area (Å²) in [6.07, 6.45) is 3.28. The summed E-state index contributed by atoms with van der Waals surface area (Å²) in [5.41, 5.74) is 7.00. The second kappa shape index (κ2) is 7.32. The number of morpholine rings is 1. The maximum Gasteiger partial charge on any atom is 0.229 e. The van der Waals surface area contributed by atoms with Crippen molar-refractivity contribution in [2.24, 2.45) is 0 Å². The van der Waals surface area contributed by atoms with E-state index in [0.29, 0.717) is 36.5 Å². The van der Waals surface area contributed by atoms with E-state index in [1.165, 1.54) is 0 Å². The predicted molar refractivity (Wildman–Crippen MR) is 97.0 cm³/mol. The number of anilines is 2. The van der Waals surface area contributed by atoms with Gasteiger partial charge in [-0.3, -0.25) is 0 Å². The summed E-state index contributed by atoms with van der Waals surface area (Å²) in [7, 11) is 0. The standard InChI is InChI=1S/C18H18N6O2/c19-17-20-11-13(12-21-17)15-10-16(26-14-4-2-1-3-5-14)23-18(22-15)24-6-8-25-9-7-24/h1-5,10-12H,6-9H2,(H2,19,20,21). The molecule has 4 rings (SSSR count). The van der Waals surface area contributed by atoms with Gasteiger partial charge in [-0.1, -0.05) is 18.2 Å². The van der Waals surface area contributed by atoms with Crippen molar-refractivity contribution in [1.82, 2.24) is 19.9 Å². The zero-order chi connectivity index (χ0) is 17.8. The molecule has 3 heterocycles. The lowest BCUT2D eigenvalue weighted by Crippen LogP contribution is -2.37. The number of aromatic nitrogens is 4. The molecule has 1 saturated heterocycles. The van der Waals surface area contributed by atoms with Gasteiger partial charge in [0.1, 0.15) is 5.75 Å². The van der Waals surface area contributed by atoms with E-state index in [0.717, 1.165) is 18.7 Å². The van der Waals surface area contributed by atoms with Crippen LogP contribution in [0.2, 0.25) is 0 Å². The van der Waals surface area contributed by atoms with Gasteiger partial charge in [0.05, 0.1) is 18.9 Å². The number of nitrogen functional groups attached to an aromatic ring is 1. The van der Waals surface area contributed by atoms with Gasteiger partial charge in [-0.05, 0) is 12.1 Å². The van der Waals surface area contributed by atoms with Gasteiger partial charge in [0.2, 0.25) is 17.8 Å². The Morgan fingerprint density at radius 2 is 1.73 bits per heavy atom. The maximum atomic E-state index is 5.92. The van der Waals surface area contributed by atoms with Gasteiger partial charge in [0, 0.05) is 37.1 Å². The van der Waals surface area contributed by atoms with E-state index in [1.807, 2.05) is 30.3 Å². The van der Waals surface area contributed by atoms with Crippen LogP contribution in [0.15, 0.2) is 48.8 Å². The van der Waals surface area contributed by atoms with Crippen molar-refractivity contribution in [2.75, 3.05) is 36.9 Å². The van der Waals surface area contributed by atoms with Crippen LogP contribution in [0.25, 0.3) is 11.3 Å². The summed E-state index contributed by atoms with van der Waals surface area (Å²) in [5.74, 6) is 1.98. The fourth-order valence-electron chi connectivity index (χ4n) is 2.60. The van der Waals surface area contributed by atoms with Crippen LogP contribution in [0.3, 0.4) is 0 Å². The Kier molecular flexibility index (Phi) is 4.57. The molecule has 0 atom stereocenters. The smallest absolute Gasteiger partial charge is 0.229 e. The molecule has 0 amide bonds. The summed E-state index contributed by atoms with van der Waals surface area (Å²) >= 11 is 0. The van der Waals surface area contributed by atoms with Crippen molar-refractivity contribution in [3.63, 3.8) is 0 Å². The molecule has 26 heavy (non-hydrogen) atoms. The summed E-state index contributed by atoms with van der Waals surface area (Å²) in [4.78, 5) is 19.4. The molecule has 0 radical (unpaired) electrons. The summed E-state index contributed by atoms with van der Waals surface area (Å²) < 4.78 is 11.3. The number of benzene rings is 1. The van der Waals surface area contributed by atoms with Crippen LogP contribution in [-0.4, -0.2) is 46.2 Å². The van der Waals surface area contributed by atoms with E-state index in [4.69, 9.17) is 15.2 Å². The predicted octanol–water partition coefficient (Wildman–Crippen LogP) is 2.14. The first kappa shape index (κ1) is 16.2. The van der Waals surface area contributed by atoms with Crippen LogP contribution in [0.4, 0.5) is 11.9 Å². The van der Waals surface area contributed by atoms with Crippen molar-refractivity contribution >= 4 is 11.9 Å². The molecule has 132 valence electrons. The number of hydrogen-bond acceptors (Lipinski definition) is 8. The zero-order valence-corrected chi connectivity index (χ0v) is 14.1. The molecule has 0 aliphatic carbocycles. The Morgan fingerprint density at radius 1 is 1.00 bits per heavy atom. The third-order valence-electron chi connectivity index (χ3n) is 3.92. The van der Waals surface area contributed by atoms with Gasteiger partial charge < -0.3 is 20.1 Å². The van der Waals surface area contributed by atoms with Crippen LogP contribution < -0.4 is 15.4 Å².